The van der Waals surface area contributed by atoms with Crippen LogP contribution in [0, 0.1) is 11.8 Å². The number of nitrogens with zero attached hydrogens (tertiary/aromatic N) is 5. The van der Waals surface area contributed by atoms with Gasteiger partial charge >= 0.3 is 12.6 Å². The molecule has 13 nitrogen and oxygen atoms in total. The monoisotopic (exact) mass is 672 g/mol. The number of halogens is 3. The van der Waals surface area contributed by atoms with Crippen molar-refractivity contribution in [3.05, 3.63) is 53.1 Å². The number of hydrazine groups is 1. The first-order chi connectivity index (χ1) is 22.7. The zero-order valence-corrected chi connectivity index (χ0v) is 26.2. The quantitative estimate of drug-likeness (QED) is 0.325. The van der Waals surface area contributed by atoms with E-state index in [1.165, 1.54) is 29.1 Å². The number of carbonyl (C=O) groups excluding carboxylic acids is 3. The third kappa shape index (κ3) is 7.80. The van der Waals surface area contributed by atoms with Crippen molar-refractivity contribution in [2.75, 3.05) is 44.6 Å². The van der Waals surface area contributed by atoms with Crippen molar-refractivity contribution >= 4 is 41.3 Å². The molecule has 47 heavy (non-hydrogen) atoms. The summed E-state index contributed by atoms with van der Waals surface area (Å²) in [4.78, 5) is 45.4. The van der Waals surface area contributed by atoms with E-state index in [1.807, 2.05) is 0 Å². The minimum atomic E-state index is -3.12. The number of benzene rings is 1. The number of likely N-dealkylation sites (tertiary alicyclic amines) is 1. The van der Waals surface area contributed by atoms with Crippen LogP contribution in [0.3, 0.4) is 0 Å². The van der Waals surface area contributed by atoms with Crippen LogP contribution >= 0.6 is 11.6 Å². The van der Waals surface area contributed by atoms with Gasteiger partial charge < -0.3 is 25.0 Å². The van der Waals surface area contributed by atoms with E-state index in [1.54, 1.807) is 28.4 Å². The van der Waals surface area contributed by atoms with Crippen LogP contribution in [0.4, 0.5) is 14.5 Å². The maximum Gasteiger partial charge on any atom is 0.387 e. The number of aromatic nitrogens is 2. The first-order valence-corrected chi connectivity index (χ1v) is 15.9. The molecule has 5 heterocycles. The van der Waals surface area contributed by atoms with Crippen LogP contribution in [0.5, 0.6) is 5.75 Å². The minimum absolute atomic E-state index is 0.0833. The van der Waals surface area contributed by atoms with Crippen LogP contribution in [0.25, 0.3) is 11.3 Å². The average Bonchev–Trinajstić information content (AvgIpc) is 3.69. The van der Waals surface area contributed by atoms with E-state index in [9.17, 15) is 23.2 Å². The van der Waals surface area contributed by atoms with E-state index in [2.05, 4.69) is 26.2 Å². The topological polar surface area (TPSA) is 142 Å². The third-order valence-corrected chi connectivity index (χ3v) is 8.77. The zero-order chi connectivity index (χ0) is 32.9. The summed E-state index contributed by atoms with van der Waals surface area (Å²) in [6, 6.07) is 4.08. The molecule has 1 aromatic carbocycles. The van der Waals surface area contributed by atoms with Crippen LogP contribution < -0.4 is 20.8 Å². The highest BCUT2D eigenvalue weighted by atomic mass is 35.5. The summed E-state index contributed by atoms with van der Waals surface area (Å²) in [6.45, 7) is -0.0870. The number of anilines is 1. The number of fused-ring (bicyclic) bond motifs is 1. The molecular formula is C31H35ClF2N8O5. The lowest BCUT2D eigenvalue weighted by Gasteiger charge is -2.31. The summed E-state index contributed by atoms with van der Waals surface area (Å²) in [7, 11) is 0. The Labute approximate surface area is 274 Å². The maximum atomic E-state index is 13.4. The van der Waals surface area contributed by atoms with Crippen molar-refractivity contribution in [2.45, 2.75) is 38.8 Å². The summed E-state index contributed by atoms with van der Waals surface area (Å²) in [5.41, 5.74) is 3.71. The van der Waals surface area contributed by atoms with Gasteiger partial charge in [0.05, 0.1) is 23.8 Å². The Bertz CT molecular complexity index is 1600. The van der Waals surface area contributed by atoms with E-state index < -0.39 is 12.5 Å². The normalized spacial score (nSPS) is 18.6. The maximum absolute atomic E-state index is 13.4. The molecule has 4 aliphatic heterocycles. The molecule has 16 heteroatoms. The molecule has 0 saturated carbocycles. The summed E-state index contributed by atoms with van der Waals surface area (Å²) < 4.78 is 38.3. The van der Waals surface area contributed by atoms with Gasteiger partial charge in [-0.1, -0.05) is 11.6 Å². The van der Waals surface area contributed by atoms with Crippen LogP contribution in [-0.2, 0) is 25.7 Å². The van der Waals surface area contributed by atoms with Crippen molar-refractivity contribution in [3.8, 4) is 17.0 Å². The summed E-state index contributed by atoms with van der Waals surface area (Å²) in [6.07, 6.45) is 9.39. The van der Waals surface area contributed by atoms with Gasteiger partial charge in [0.1, 0.15) is 18.0 Å². The van der Waals surface area contributed by atoms with Crippen LogP contribution in [0.1, 0.15) is 25.7 Å². The van der Waals surface area contributed by atoms with Gasteiger partial charge in [-0.05, 0) is 69.0 Å². The highest BCUT2D eigenvalue weighted by Gasteiger charge is 2.31. The second-order valence-corrected chi connectivity index (χ2v) is 12.1. The van der Waals surface area contributed by atoms with Gasteiger partial charge in [-0.15, -0.1) is 0 Å². The summed E-state index contributed by atoms with van der Waals surface area (Å²) >= 11 is 6.22. The highest BCUT2D eigenvalue weighted by molar-refractivity contribution is 6.31. The fourth-order valence-electron chi connectivity index (χ4n) is 5.99. The lowest BCUT2D eigenvalue weighted by Crippen LogP contribution is -2.42. The van der Waals surface area contributed by atoms with Crippen molar-refractivity contribution in [3.63, 3.8) is 0 Å². The van der Waals surface area contributed by atoms with Crippen molar-refractivity contribution in [2.24, 2.45) is 16.8 Å². The van der Waals surface area contributed by atoms with Gasteiger partial charge in [-0.25, -0.2) is 10.4 Å². The van der Waals surface area contributed by atoms with Crippen LogP contribution in [-0.4, -0.2) is 89.6 Å². The number of ether oxygens (including phenoxy) is 2. The Kier molecular flexibility index (Phi) is 10.1. The van der Waals surface area contributed by atoms with Gasteiger partial charge in [0, 0.05) is 48.8 Å². The van der Waals surface area contributed by atoms with Crippen LogP contribution in [0.15, 0.2) is 53.1 Å². The van der Waals surface area contributed by atoms with E-state index in [0.29, 0.717) is 49.9 Å². The molecule has 2 amide bonds. The standard InChI is InChI=1S/C31H35ClF2N8O5/c32-21-2-3-25(47-31(33)34)22(14-21)27-24(38-29(44)23-15-37-42-11-1-8-36-28(23)42)16-41(39-27)17-26(43)40-12-6-20(7-13-40)30(45)46-18-19-4-9-35-10-5-19/h1-3,8,11,14,16,19-20,31,35,37H,4-7,9-10,12-13,15,17-18H2,(H,38,44). The predicted octanol–water partition coefficient (Wildman–Crippen LogP) is 3.15. The number of alkyl halides is 2. The third-order valence-electron chi connectivity index (χ3n) is 8.54. The molecule has 0 bridgehead atoms. The number of esters is 1. The Morgan fingerprint density at radius 3 is 2.68 bits per heavy atom. The Morgan fingerprint density at radius 1 is 1.13 bits per heavy atom. The second kappa shape index (κ2) is 14.6. The molecule has 0 radical (unpaired) electrons. The van der Waals surface area contributed by atoms with Gasteiger partial charge in [0.15, 0.2) is 5.82 Å². The number of hydrogen-bond acceptors (Lipinski definition) is 10. The number of nitrogens with one attached hydrogen (secondary N) is 3. The molecular weight excluding hydrogens is 638 g/mol. The van der Waals surface area contributed by atoms with E-state index >= 15 is 0 Å². The largest absolute Gasteiger partial charge is 0.465 e. The molecule has 2 fully saturated rings. The summed E-state index contributed by atoms with van der Waals surface area (Å²) in [5, 5.41) is 12.4. The average molecular weight is 673 g/mol. The number of piperidine rings is 2. The number of hydrogen-bond donors (Lipinski definition) is 3. The Morgan fingerprint density at radius 2 is 1.91 bits per heavy atom. The van der Waals surface area contributed by atoms with Crippen molar-refractivity contribution in [1.29, 1.82) is 0 Å². The number of aliphatic imine (C=N–C) groups is 1. The second-order valence-electron chi connectivity index (χ2n) is 11.7. The van der Waals surface area contributed by atoms with E-state index in [4.69, 9.17) is 21.1 Å². The van der Waals surface area contributed by atoms with Crippen molar-refractivity contribution in [1.82, 2.24) is 30.4 Å². The Hall–Kier alpha value is -4.34. The Balaban J connectivity index is 1.16. The first kappa shape index (κ1) is 32.6. The first-order valence-electron chi connectivity index (χ1n) is 15.5. The van der Waals surface area contributed by atoms with Gasteiger partial charge in [-0.3, -0.25) is 24.1 Å². The van der Waals surface area contributed by atoms with Crippen molar-refractivity contribution < 1.29 is 32.6 Å². The van der Waals surface area contributed by atoms with Gasteiger partial charge in [-0.2, -0.15) is 13.9 Å². The molecule has 250 valence electrons. The predicted molar refractivity (Wildman–Crippen MR) is 168 cm³/mol. The molecule has 3 N–H and O–H groups in total. The van der Waals surface area contributed by atoms with E-state index in [-0.39, 0.29) is 58.6 Å². The van der Waals surface area contributed by atoms with E-state index in [0.717, 1.165) is 25.9 Å². The lowest BCUT2D eigenvalue weighted by molar-refractivity contribution is -0.153. The SMILES string of the molecule is O=C(Nc1cn(CC(=O)N2CCC(C(=O)OCC3CCNCC3)CC2)nc1-c1cc(Cl)ccc1OC(F)F)C1=C2N=CC=CN2NC1. The number of amides is 2. The summed E-state index contributed by atoms with van der Waals surface area (Å²) in [5.74, 6) is -0.654. The van der Waals surface area contributed by atoms with Gasteiger partial charge in [0.2, 0.25) is 5.91 Å². The zero-order valence-electron chi connectivity index (χ0n) is 25.5. The number of rotatable bonds is 10. The lowest BCUT2D eigenvalue weighted by atomic mass is 9.96. The molecule has 4 aliphatic rings. The molecule has 2 aromatic rings. The highest BCUT2D eigenvalue weighted by Crippen LogP contribution is 2.37. The molecule has 0 unspecified atom stereocenters. The minimum Gasteiger partial charge on any atom is -0.465 e. The fourth-order valence-corrected chi connectivity index (χ4v) is 6.17. The number of allylic oxidation sites excluding steroid dienone is 1. The molecule has 2 saturated heterocycles. The molecule has 0 aliphatic carbocycles. The molecule has 0 atom stereocenters. The fraction of sp³-hybridized carbons (Fsp3) is 0.452. The molecule has 1 aromatic heterocycles. The van der Waals surface area contributed by atoms with Gasteiger partial charge in [0.25, 0.3) is 5.91 Å². The smallest absolute Gasteiger partial charge is 0.387 e. The number of carbonyl (C=O) groups is 3. The molecule has 0 spiro atoms. The molecule has 6 rings (SSSR count). The van der Waals surface area contributed by atoms with Crippen LogP contribution in [0.2, 0.25) is 5.02 Å².